The molecule has 1 aromatic heterocycles. The van der Waals surface area contributed by atoms with E-state index in [2.05, 4.69) is 17.2 Å². The van der Waals surface area contributed by atoms with Crippen molar-refractivity contribution in [2.45, 2.75) is 45.8 Å². The molecule has 0 aliphatic rings. The van der Waals surface area contributed by atoms with E-state index >= 15 is 0 Å². The van der Waals surface area contributed by atoms with Crippen molar-refractivity contribution in [2.24, 2.45) is 0 Å². The molecule has 0 saturated carbocycles. The minimum atomic E-state index is -4.20. The third-order valence-electron chi connectivity index (χ3n) is 2.79. The molecule has 1 unspecified atom stereocenters. The van der Waals surface area contributed by atoms with E-state index < -0.39 is 12.7 Å². The van der Waals surface area contributed by atoms with Crippen LogP contribution in [0.1, 0.15) is 45.3 Å². The number of nitrogens with one attached hydrogen (secondary N) is 1. The molecule has 1 rings (SSSR count). The second-order valence-corrected chi connectivity index (χ2v) is 5.60. The number of anilines is 1. The van der Waals surface area contributed by atoms with Crippen LogP contribution in [-0.2, 0) is 0 Å². The predicted molar refractivity (Wildman–Crippen MR) is 77.4 cm³/mol. The van der Waals surface area contributed by atoms with Crippen molar-refractivity contribution in [3.8, 4) is 0 Å². The molecule has 0 bridgehead atoms. The highest BCUT2D eigenvalue weighted by molar-refractivity contribution is 7.13. The quantitative estimate of drug-likeness (QED) is 0.787. The molecule has 7 heteroatoms. The Morgan fingerprint density at radius 2 is 2.05 bits per heavy atom. The summed E-state index contributed by atoms with van der Waals surface area (Å²) in [6.07, 6.45) is -2.53. The summed E-state index contributed by atoms with van der Waals surface area (Å²) >= 11 is 1.27. The minimum absolute atomic E-state index is 0.0642. The summed E-state index contributed by atoms with van der Waals surface area (Å²) in [5.41, 5.74) is 0.807. The van der Waals surface area contributed by atoms with E-state index in [4.69, 9.17) is 0 Å². The van der Waals surface area contributed by atoms with Crippen LogP contribution >= 0.6 is 11.3 Å². The summed E-state index contributed by atoms with van der Waals surface area (Å²) in [5.74, 6) is 0. The second kappa shape index (κ2) is 7.83. The lowest BCUT2D eigenvalue weighted by Gasteiger charge is -2.22. The van der Waals surface area contributed by atoms with Crippen LogP contribution in [0.2, 0.25) is 0 Å². The van der Waals surface area contributed by atoms with Crippen molar-refractivity contribution in [1.29, 1.82) is 0 Å². The second-order valence-electron chi connectivity index (χ2n) is 4.77. The van der Waals surface area contributed by atoms with Crippen molar-refractivity contribution in [3.05, 3.63) is 11.1 Å². The molecule has 0 amide bonds. The molecule has 116 valence electrons. The lowest BCUT2D eigenvalue weighted by atomic mass is 10.2. The minimum Gasteiger partial charge on any atom is -0.339 e. The van der Waals surface area contributed by atoms with Crippen LogP contribution in [0.15, 0.2) is 5.38 Å². The maximum Gasteiger partial charge on any atom is 0.406 e. The maximum atomic E-state index is 12.6. The zero-order valence-corrected chi connectivity index (χ0v) is 12.9. The molecule has 0 aromatic carbocycles. The van der Waals surface area contributed by atoms with Crippen LogP contribution in [-0.4, -0.2) is 30.8 Å². The molecule has 0 aliphatic heterocycles. The van der Waals surface area contributed by atoms with Gasteiger partial charge in [-0.25, -0.2) is 4.98 Å². The van der Waals surface area contributed by atoms with E-state index in [1.807, 2.05) is 19.2 Å². The van der Waals surface area contributed by atoms with Gasteiger partial charge in [0.2, 0.25) is 0 Å². The van der Waals surface area contributed by atoms with Gasteiger partial charge in [0.1, 0.15) is 6.54 Å². The average Bonchev–Trinajstić information content (AvgIpc) is 2.83. The number of aromatic nitrogens is 1. The highest BCUT2D eigenvalue weighted by Crippen LogP contribution is 2.27. The Kier molecular flexibility index (Phi) is 6.75. The first-order valence-electron chi connectivity index (χ1n) is 6.87. The van der Waals surface area contributed by atoms with Gasteiger partial charge in [-0.05, 0) is 26.3 Å². The standard InChI is InChI=1S/C13H22F3N3S/c1-4-6-17-10(3)11-8-20-12(18-11)19(7-5-2)9-13(14,15)16/h8,10,17H,4-7,9H2,1-3H3. The Morgan fingerprint density at radius 3 is 2.60 bits per heavy atom. The Morgan fingerprint density at radius 1 is 1.35 bits per heavy atom. The fourth-order valence-corrected chi connectivity index (χ4v) is 2.76. The highest BCUT2D eigenvalue weighted by atomic mass is 32.1. The van der Waals surface area contributed by atoms with E-state index in [1.54, 1.807) is 0 Å². The molecule has 0 saturated heterocycles. The van der Waals surface area contributed by atoms with Gasteiger partial charge in [-0.15, -0.1) is 11.3 Å². The van der Waals surface area contributed by atoms with Crippen LogP contribution in [0, 0.1) is 0 Å². The molecule has 0 radical (unpaired) electrons. The Hall–Kier alpha value is -0.820. The number of hydrogen-bond donors (Lipinski definition) is 1. The summed E-state index contributed by atoms with van der Waals surface area (Å²) in [4.78, 5) is 5.65. The van der Waals surface area contributed by atoms with Gasteiger partial charge in [0, 0.05) is 18.0 Å². The maximum absolute atomic E-state index is 12.6. The number of nitrogens with zero attached hydrogens (tertiary/aromatic N) is 2. The summed E-state index contributed by atoms with van der Waals surface area (Å²) in [5, 5.41) is 5.57. The molecular formula is C13H22F3N3S. The molecule has 0 spiro atoms. The predicted octanol–water partition coefficient (Wildman–Crippen LogP) is 3.98. The number of rotatable bonds is 8. The SMILES string of the molecule is CCCNC(C)c1csc(N(CCC)CC(F)(F)F)n1. The van der Waals surface area contributed by atoms with Crippen molar-refractivity contribution >= 4 is 16.5 Å². The third-order valence-corrected chi connectivity index (χ3v) is 3.71. The molecule has 3 nitrogen and oxygen atoms in total. The molecule has 1 atom stereocenters. The third kappa shape index (κ3) is 5.66. The number of thiazole rings is 1. The van der Waals surface area contributed by atoms with Gasteiger partial charge in [0.15, 0.2) is 5.13 Å². The van der Waals surface area contributed by atoms with Gasteiger partial charge in [-0.1, -0.05) is 13.8 Å². The van der Waals surface area contributed by atoms with Crippen molar-refractivity contribution < 1.29 is 13.2 Å². The molecule has 0 fully saturated rings. The van der Waals surface area contributed by atoms with Gasteiger partial charge in [0.25, 0.3) is 0 Å². The molecule has 1 N–H and O–H groups in total. The Bertz CT molecular complexity index is 392. The van der Waals surface area contributed by atoms with Crippen LogP contribution in [0.3, 0.4) is 0 Å². The zero-order valence-electron chi connectivity index (χ0n) is 12.1. The Balaban J connectivity index is 2.75. The largest absolute Gasteiger partial charge is 0.406 e. The van der Waals surface area contributed by atoms with E-state index in [0.717, 1.165) is 18.7 Å². The fraction of sp³-hybridized carbons (Fsp3) is 0.769. The van der Waals surface area contributed by atoms with Gasteiger partial charge in [-0.2, -0.15) is 13.2 Å². The fourth-order valence-electron chi connectivity index (χ4n) is 1.81. The average molecular weight is 309 g/mol. The molecule has 0 aliphatic carbocycles. The summed E-state index contributed by atoms with van der Waals surface area (Å²) in [6.45, 7) is 6.20. The van der Waals surface area contributed by atoms with Gasteiger partial charge < -0.3 is 10.2 Å². The first-order valence-corrected chi connectivity index (χ1v) is 7.75. The van der Waals surface area contributed by atoms with E-state index in [9.17, 15) is 13.2 Å². The summed E-state index contributed by atoms with van der Waals surface area (Å²) < 4.78 is 37.7. The summed E-state index contributed by atoms with van der Waals surface area (Å²) in [6, 6.07) is 0.0642. The van der Waals surface area contributed by atoms with Gasteiger partial charge in [0.05, 0.1) is 5.69 Å². The topological polar surface area (TPSA) is 28.2 Å². The van der Waals surface area contributed by atoms with Crippen LogP contribution in [0.25, 0.3) is 0 Å². The van der Waals surface area contributed by atoms with Gasteiger partial charge in [-0.3, -0.25) is 0 Å². The zero-order chi connectivity index (χ0) is 15.2. The first kappa shape index (κ1) is 17.2. The molecule has 20 heavy (non-hydrogen) atoms. The lowest BCUT2D eigenvalue weighted by Crippen LogP contribution is -2.34. The van der Waals surface area contributed by atoms with E-state index in [0.29, 0.717) is 18.1 Å². The number of hydrogen-bond acceptors (Lipinski definition) is 4. The van der Waals surface area contributed by atoms with E-state index in [-0.39, 0.29) is 6.04 Å². The Labute approximate surface area is 122 Å². The van der Waals surface area contributed by atoms with Crippen molar-refractivity contribution in [3.63, 3.8) is 0 Å². The van der Waals surface area contributed by atoms with Crippen LogP contribution in [0.4, 0.5) is 18.3 Å². The van der Waals surface area contributed by atoms with Gasteiger partial charge >= 0.3 is 6.18 Å². The molecule has 1 aromatic rings. The van der Waals surface area contributed by atoms with Crippen molar-refractivity contribution in [1.82, 2.24) is 10.3 Å². The normalized spacial score (nSPS) is 13.5. The number of halogens is 3. The molecular weight excluding hydrogens is 287 g/mol. The first-order chi connectivity index (χ1) is 9.37. The number of alkyl halides is 3. The molecule has 1 heterocycles. The highest BCUT2D eigenvalue weighted by Gasteiger charge is 2.31. The van der Waals surface area contributed by atoms with Crippen LogP contribution < -0.4 is 10.2 Å². The smallest absolute Gasteiger partial charge is 0.339 e. The summed E-state index contributed by atoms with van der Waals surface area (Å²) in [7, 11) is 0. The van der Waals surface area contributed by atoms with Crippen molar-refractivity contribution in [2.75, 3.05) is 24.5 Å². The van der Waals surface area contributed by atoms with Crippen LogP contribution in [0.5, 0.6) is 0 Å². The van der Waals surface area contributed by atoms with E-state index in [1.165, 1.54) is 16.2 Å². The monoisotopic (exact) mass is 309 g/mol. The lowest BCUT2D eigenvalue weighted by molar-refractivity contribution is -0.119.